The number of carbonyl (C=O) groups is 4. The first kappa shape index (κ1) is 22.2. The summed E-state index contributed by atoms with van der Waals surface area (Å²) in [5, 5.41) is 19.2. The van der Waals surface area contributed by atoms with Crippen LogP contribution in [0.3, 0.4) is 0 Å². The summed E-state index contributed by atoms with van der Waals surface area (Å²) in [5.41, 5.74) is 0. The highest BCUT2D eigenvalue weighted by molar-refractivity contribution is 7.80. The van der Waals surface area contributed by atoms with Gasteiger partial charge in [0.2, 0.25) is 17.7 Å². The summed E-state index contributed by atoms with van der Waals surface area (Å²) >= 11 is 4.04. The fourth-order valence-corrected chi connectivity index (χ4v) is 2.86. The van der Waals surface area contributed by atoms with Crippen LogP contribution in [0.5, 0.6) is 0 Å². The van der Waals surface area contributed by atoms with E-state index in [0.717, 1.165) is 19.4 Å². The summed E-state index contributed by atoms with van der Waals surface area (Å²) in [6.07, 6.45) is 2.29. The lowest BCUT2D eigenvalue weighted by molar-refractivity contribution is -0.138. The Morgan fingerprint density at radius 2 is 1.92 bits per heavy atom. The molecule has 0 aromatic heterocycles. The van der Waals surface area contributed by atoms with Crippen molar-refractivity contribution >= 4 is 36.3 Å². The van der Waals surface area contributed by atoms with Crippen LogP contribution in [0.1, 0.15) is 33.1 Å². The Hall–Kier alpha value is -1.81. The average molecular weight is 388 g/mol. The second-order valence-corrected chi connectivity index (χ2v) is 6.74. The molecule has 0 aromatic rings. The molecule has 1 aliphatic rings. The molecule has 1 fully saturated rings. The van der Waals surface area contributed by atoms with Gasteiger partial charge in [-0.25, -0.2) is 0 Å². The van der Waals surface area contributed by atoms with Gasteiger partial charge in [-0.15, -0.1) is 0 Å². The molecule has 4 unspecified atom stereocenters. The maximum Gasteiger partial charge on any atom is 0.322 e. The van der Waals surface area contributed by atoms with E-state index in [-0.39, 0.29) is 23.6 Å². The van der Waals surface area contributed by atoms with Crippen molar-refractivity contribution < 1.29 is 24.3 Å². The molecule has 148 valence electrons. The zero-order chi connectivity index (χ0) is 19.7. The highest BCUT2D eigenvalue weighted by atomic mass is 32.1. The highest BCUT2D eigenvalue weighted by Gasteiger charge is 2.32. The molecule has 0 bridgehead atoms. The fourth-order valence-electron chi connectivity index (χ4n) is 2.61. The largest absolute Gasteiger partial charge is 0.480 e. The minimum atomic E-state index is -1.18. The van der Waals surface area contributed by atoms with Gasteiger partial charge in [0.25, 0.3) is 0 Å². The van der Waals surface area contributed by atoms with Crippen LogP contribution in [-0.2, 0) is 19.2 Å². The van der Waals surface area contributed by atoms with Crippen molar-refractivity contribution in [3.8, 4) is 0 Å². The molecule has 4 atom stereocenters. The SMILES string of the molecule is CCC(C)C(NC(=O)C1CCCN1)C(=O)NC(CS)C(=O)NCC(=O)O. The average Bonchev–Trinajstić information content (AvgIpc) is 3.15. The minimum absolute atomic E-state index is 0.00253. The first-order valence-corrected chi connectivity index (χ1v) is 9.37. The summed E-state index contributed by atoms with van der Waals surface area (Å²) in [4.78, 5) is 47.5. The number of amides is 3. The molecule has 26 heavy (non-hydrogen) atoms. The van der Waals surface area contributed by atoms with Crippen LogP contribution in [0.15, 0.2) is 0 Å². The van der Waals surface area contributed by atoms with Crippen molar-refractivity contribution in [1.82, 2.24) is 21.3 Å². The quantitative estimate of drug-likeness (QED) is 0.263. The summed E-state index contributed by atoms with van der Waals surface area (Å²) < 4.78 is 0. The van der Waals surface area contributed by atoms with E-state index in [1.165, 1.54) is 0 Å². The highest BCUT2D eigenvalue weighted by Crippen LogP contribution is 2.11. The first-order chi connectivity index (χ1) is 12.3. The van der Waals surface area contributed by atoms with Crippen molar-refractivity contribution in [2.75, 3.05) is 18.8 Å². The summed E-state index contributed by atoms with van der Waals surface area (Å²) in [6.45, 7) is 3.97. The first-order valence-electron chi connectivity index (χ1n) is 8.74. The van der Waals surface area contributed by atoms with E-state index in [1.807, 2.05) is 13.8 Å². The number of aliphatic carboxylic acids is 1. The van der Waals surface area contributed by atoms with E-state index < -0.39 is 36.4 Å². The van der Waals surface area contributed by atoms with Gasteiger partial charge in [0.1, 0.15) is 18.6 Å². The van der Waals surface area contributed by atoms with Crippen LogP contribution in [0.4, 0.5) is 0 Å². The molecule has 0 aliphatic carbocycles. The second-order valence-electron chi connectivity index (χ2n) is 6.38. The molecular weight excluding hydrogens is 360 g/mol. The van der Waals surface area contributed by atoms with E-state index in [1.54, 1.807) is 0 Å². The summed E-state index contributed by atoms with van der Waals surface area (Å²) in [5.74, 6) is -2.68. The zero-order valence-corrected chi connectivity index (χ0v) is 16.0. The van der Waals surface area contributed by atoms with Gasteiger partial charge in [-0.1, -0.05) is 20.3 Å². The van der Waals surface area contributed by atoms with Crippen molar-refractivity contribution in [3.63, 3.8) is 0 Å². The molecule has 5 N–H and O–H groups in total. The number of hydrogen-bond acceptors (Lipinski definition) is 6. The Morgan fingerprint density at radius 3 is 2.42 bits per heavy atom. The van der Waals surface area contributed by atoms with Crippen LogP contribution in [0.25, 0.3) is 0 Å². The van der Waals surface area contributed by atoms with Crippen molar-refractivity contribution in [2.24, 2.45) is 5.92 Å². The molecule has 0 aromatic carbocycles. The zero-order valence-electron chi connectivity index (χ0n) is 15.1. The number of carboxylic acid groups (broad SMARTS) is 1. The van der Waals surface area contributed by atoms with Crippen LogP contribution in [0, 0.1) is 5.92 Å². The summed E-state index contributed by atoms with van der Waals surface area (Å²) in [6, 6.07) is -2.09. The van der Waals surface area contributed by atoms with Gasteiger partial charge < -0.3 is 26.4 Å². The van der Waals surface area contributed by atoms with Gasteiger partial charge in [-0.3, -0.25) is 19.2 Å². The predicted octanol–water partition coefficient (Wildman–Crippen LogP) is -1.12. The van der Waals surface area contributed by atoms with Crippen molar-refractivity contribution in [3.05, 3.63) is 0 Å². The number of rotatable bonds is 10. The van der Waals surface area contributed by atoms with E-state index in [9.17, 15) is 19.2 Å². The second kappa shape index (κ2) is 11.0. The lowest BCUT2D eigenvalue weighted by atomic mass is 9.97. The molecule has 1 heterocycles. The molecule has 3 amide bonds. The Bertz CT molecular complexity index is 525. The molecule has 0 radical (unpaired) electrons. The van der Waals surface area contributed by atoms with Gasteiger partial charge in [-0.2, -0.15) is 12.6 Å². The van der Waals surface area contributed by atoms with Crippen molar-refractivity contribution in [2.45, 2.75) is 51.2 Å². The van der Waals surface area contributed by atoms with Gasteiger partial charge in [-0.05, 0) is 25.3 Å². The molecule has 1 rings (SSSR count). The predicted molar refractivity (Wildman–Crippen MR) is 98.8 cm³/mol. The lowest BCUT2D eigenvalue weighted by Gasteiger charge is -2.27. The third-order valence-electron chi connectivity index (χ3n) is 4.40. The Kier molecular flexibility index (Phi) is 9.42. The third-order valence-corrected chi connectivity index (χ3v) is 4.76. The van der Waals surface area contributed by atoms with E-state index in [2.05, 4.69) is 33.9 Å². The molecule has 10 heteroatoms. The Labute approximate surface area is 158 Å². The van der Waals surface area contributed by atoms with Crippen LogP contribution in [-0.4, -0.2) is 65.8 Å². The Balaban J connectivity index is 2.72. The van der Waals surface area contributed by atoms with E-state index in [0.29, 0.717) is 6.42 Å². The van der Waals surface area contributed by atoms with Crippen LogP contribution in [0.2, 0.25) is 0 Å². The molecule has 1 saturated heterocycles. The van der Waals surface area contributed by atoms with Gasteiger partial charge in [0.05, 0.1) is 6.04 Å². The smallest absolute Gasteiger partial charge is 0.322 e. The third kappa shape index (κ3) is 6.83. The number of carbonyl (C=O) groups excluding carboxylic acids is 3. The minimum Gasteiger partial charge on any atom is -0.480 e. The molecule has 0 spiro atoms. The monoisotopic (exact) mass is 388 g/mol. The van der Waals surface area contributed by atoms with E-state index >= 15 is 0 Å². The number of hydrogen-bond donors (Lipinski definition) is 6. The van der Waals surface area contributed by atoms with Crippen molar-refractivity contribution in [1.29, 1.82) is 0 Å². The number of nitrogens with one attached hydrogen (secondary N) is 4. The van der Waals surface area contributed by atoms with Crippen LogP contribution >= 0.6 is 12.6 Å². The van der Waals surface area contributed by atoms with Gasteiger partial charge in [0.15, 0.2) is 0 Å². The number of thiol groups is 1. The molecular formula is C16H28N4O5S. The number of carboxylic acids is 1. The Morgan fingerprint density at radius 1 is 1.23 bits per heavy atom. The van der Waals surface area contributed by atoms with Gasteiger partial charge >= 0.3 is 5.97 Å². The fraction of sp³-hybridized carbons (Fsp3) is 0.750. The molecule has 0 saturated carbocycles. The molecule has 9 nitrogen and oxygen atoms in total. The maximum atomic E-state index is 12.6. The van der Waals surface area contributed by atoms with E-state index in [4.69, 9.17) is 5.11 Å². The van der Waals surface area contributed by atoms with Gasteiger partial charge in [0, 0.05) is 5.75 Å². The molecule has 1 aliphatic heterocycles. The standard InChI is InChI=1S/C16H28N4O5S/c1-3-9(2)13(20-15(24)10-5-4-6-17-10)16(25)19-11(8-26)14(23)18-7-12(21)22/h9-11,13,17,26H,3-8H2,1-2H3,(H,18,23)(H,19,25)(H,20,24)(H,21,22). The van der Waals surface area contributed by atoms with Crippen LogP contribution < -0.4 is 21.3 Å². The normalized spacial score (nSPS) is 19.9. The maximum absolute atomic E-state index is 12.6. The topological polar surface area (TPSA) is 137 Å². The lowest BCUT2D eigenvalue weighted by Crippen LogP contribution is -2.58. The summed E-state index contributed by atoms with van der Waals surface area (Å²) in [7, 11) is 0.